The minimum atomic E-state index is -0.644. The van der Waals surface area contributed by atoms with Crippen molar-refractivity contribution in [3.05, 3.63) is 63.4 Å². The molecule has 2 saturated heterocycles. The zero-order chi connectivity index (χ0) is 29.7. The number of hydrogen-bond donors (Lipinski definition) is 2. The third-order valence-corrected chi connectivity index (χ3v) is 8.65. The number of nitrogens with zero attached hydrogens (tertiary/aromatic N) is 3. The van der Waals surface area contributed by atoms with Crippen LogP contribution in [-0.4, -0.2) is 66.5 Å². The zero-order valence-corrected chi connectivity index (χ0v) is 25.7. The maximum atomic E-state index is 15.4. The number of piperazine rings is 1. The maximum Gasteiger partial charge on any atom is 0.245 e. The third-order valence-electron chi connectivity index (χ3n) is 8.06. The lowest BCUT2D eigenvalue weighted by Gasteiger charge is -2.40. The van der Waals surface area contributed by atoms with Gasteiger partial charge >= 0.3 is 0 Å². The van der Waals surface area contributed by atoms with Crippen molar-refractivity contribution in [2.45, 2.75) is 71.1 Å². The molecular weight excluding hydrogens is 564 g/mol. The van der Waals surface area contributed by atoms with Crippen LogP contribution in [0.1, 0.15) is 63.6 Å². The Balaban J connectivity index is 1.53. The van der Waals surface area contributed by atoms with Gasteiger partial charge < -0.3 is 20.4 Å². The first-order valence-corrected chi connectivity index (χ1v) is 15.4. The van der Waals surface area contributed by atoms with Crippen molar-refractivity contribution in [2.24, 2.45) is 11.7 Å². The Kier molecular flexibility index (Phi) is 10.9. The monoisotopic (exact) mass is 605 g/mol. The van der Waals surface area contributed by atoms with Gasteiger partial charge in [0.2, 0.25) is 11.8 Å². The summed E-state index contributed by atoms with van der Waals surface area (Å²) < 4.78 is 15.4. The molecule has 2 fully saturated rings. The summed E-state index contributed by atoms with van der Waals surface area (Å²) in [5, 5.41) is 4.49. The number of carbonyl (C=O) groups excluding carboxylic acids is 2. The van der Waals surface area contributed by atoms with Crippen LogP contribution in [0, 0.1) is 11.7 Å². The van der Waals surface area contributed by atoms with Crippen LogP contribution in [-0.2, 0) is 16.0 Å². The van der Waals surface area contributed by atoms with Gasteiger partial charge in [-0.25, -0.2) is 4.39 Å². The Hall–Kier alpha value is -2.39. The molecule has 7 nitrogen and oxygen atoms in total. The highest BCUT2D eigenvalue weighted by molar-refractivity contribution is 6.35. The third kappa shape index (κ3) is 7.72. The van der Waals surface area contributed by atoms with E-state index in [1.54, 1.807) is 28.0 Å². The van der Waals surface area contributed by atoms with E-state index < -0.39 is 6.04 Å². The quantitative estimate of drug-likeness (QED) is 0.336. The van der Waals surface area contributed by atoms with E-state index in [0.717, 1.165) is 30.4 Å². The topological polar surface area (TPSA) is 81.9 Å². The van der Waals surface area contributed by atoms with E-state index in [0.29, 0.717) is 67.2 Å². The largest absolute Gasteiger partial charge is 0.365 e. The van der Waals surface area contributed by atoms with E-state index in [2.05, 4.69) is 19.2 Å². The van der Waals surface area contributed by atoms with E-state index in [-0.39, 0.29) is 29.8 Å². The normalized spacial score (nSPS) is 18.2. The molecule has 2 heterocycles. The molecule has 4 rings (SSSR count). The van der Waals surface area contributed by atoms with Crippen molar-refractivity contribution in [2.75, 3.05) is 37.6 Å². The van der Waals surface area contributed by atoms with Crippen molar-refractivity contribution < 1.29 is 14.0 Å². The molecule has 3 unspecified atom stereocenters. The lowest BCUT2D eigenvalue weighted by molar-refractivity contribution is -0.143. The molecule has 2 amide bonds. The first-order valence-electron chi connectivity index (χ1n) is 14.7. The van der Waals surface area contributed by atoms with Crippen molar-refractivity contribution in [1.29, 1.82) is 0 Å². The van der Waals surface area contributed by atoms with Gasteiger partial charge in [-0.2, -0.15) is 0 Å². The molecule has 0 aliphatic carbocycles. The van der Waals surface area contributed by atoms with Gasteiger partial charge in [-0.05, 0) is 54.5 Å². The maximum absolute atomic E-state index is 15.4. The number of hydrogen-bond acceptors (Lipinski definition) is 5. The minimum absolute atomic E-state index is 0.0166. The molecule has 2 aliphatic rings. The molecular formula is C31H42Cl2FN5O2. The second kappa shape index (κ2) is 14.2. The number of nitrogens with one attached hydrogen (secondary N) is 1. The fraction of sp³-hybridized carbons (Fsp3) is 0.548. The summed E-state index contributed by atoms with van der Waals surface area (Å²) in [5.41, 5.74) is 8.50. The molecule has 0 aromatic heterocycles. The van der Waals surface area contributed by atoms with Gasteiger partial charge in [0.05, 0.1) is 11.9 Å². The Labute approximate surface area is 253 Å². The molecule has 224 valence electrons. The van der Waals surface area contributed by atoms with Gasteiger partial charge in [-0.3, -0.25) is 14.9 Å². The van der Waals surface area contributed by atoms with Gasteiger partial charge in [-0.15, -0.1) is 0 Å². The Morgan fingerprint density at radius 1 is 1.10 bits per heavy atom. The molecule has 2 aromatic rings. The summed E-state index contributed by atoms with van der Waals surface area (Å²) in [7, 11) is 0. The number of nitrogens with two attached hydrogens (primary N) is 1. The van der Waals surface area contributed by atoms with Crippen LogP contribution in [0.3, 0.4) is 0 Å². The number of para-hydroxylation sites is 1. The number of carbonyl (C=O) groups is 2. The second-order valence-electron chi connectivity index (χ2n) is 11.5. The standard InChI is InChI=1S/C31H42Cl2FN5O2/c1-4-28(35)36-26(17-20(2)3)23-7-5-8-25(34)30(23)37-13-15-38(16-14-37)31(41)27(39-12-6-9-29(39)40)18-21-10-11-22(32)19-24(21)33/h5,7-8,10-11,19-20,26-28,36H,4,6,9,12-18,35H2,1-3H3. The van der Waals surface area contributed by atoms with Crippen LogP contribution in [0.15, 0.2) is 36.4 Å². The van der Waals surface area contributed by atoms with Gasteiger partial charge in [0.25, 0.3) is 0 Å². The highest BCUT2D eigenvalue weighted by Gasteiger charge is 2.37. The molecule has 41 heavy (non-hydrogen) atoms. The van der Waals surface area contributed by atoms with Crippen molar-refractivity contribution in [3.63, 3.8) is 0 Å². The van der Waals surface area contributed by atoms with Gasteiger partial charge in [0.15, 0.2) is 0 Å². The van der Waals surface area contributed by atoms with Crippen LogP contribution >= 0.6 is 23.2 Å². The van der Waals surface area contributed by atoms with Crippen molar-refractivity contribution in [1.82, 2.24) is 15.1 Å². The number of benzene rings is 2. The van der Waals surface area contributed by atoms with Crippen molar-refractivity contribution in [3.8, 4) is 0 Å². The number of likely N-dealkylation sites (tertiary alicyclic amines) is 1. The van der Waals surface area contributed by atoms with E-state index >= 15 is 4.39 Å². The second-order valence-corrected chi connectivity index (χ2v) is 12.3. The summed E-state index contributed by atoms with van der Waals surface area (Å²) in [5.74, 6) is -0.00710. The van der Waals surface area contributed by atoms with Gasteiger partial charge in [0, 0.05) is 61.7 Å². The van der Waals surface area contributed by atoms with Crippen LogP contribution in [0.25, 0.3) is 0 Å². The molecule has 3 atom stereocenters. The average Bonchev–Trinajstić information content (AvgIpc) is 3.37. The summed E-state index contributed by atoms with van der Waals surface area (Å²) in [6.45, 7) is 8.68. The highest BCUT2D eigenvalue weighted by atomic mass is 35.5. The molecule has 0 spiro atoms. The zero-order valence-electron chi connectivity index (χ0n) is 24.2. The summed E-state index contributed by atoms with van der Waals surface area (Å²) in [4.78, 5) is 32.2. The van der Waals surface area contributed by atoms with Crippen molar-refractivity contribution >= 4 is 40.7 Å². The van der Waals surface area contributed by atoms with E-state index in [9.17, 15) is 9.59 Å². The van der Waals surface area contributed by atoms with Gasteiger partial charge in [0.1, 0.15) is 11.9 Å². The van der Waals surface area contributed by atoms with Crippen LogP contribution < -0.4 is 16.0 Å². The lowest BCUT2D eigenvalue weighted by atomic mass is 9.94. The Morgan fingerprint density at radius 3 is 2.44 bits per heavy atom. The van der Waals surface area contributed by atoms with E-state index in [1.807, 2.05) is 24.0 Å². The number of halogens is 3. The molecule has 2 aromatic carbocycles. The number of anilines is 1. The number of rotatable bonds is 11. The van der Waals surface area contributed by atoms with Crippen LogP contribution in [0.5, 0.6) is 0 Å². The molecule has 0 bridgehead atoms. The molecule has 0 radical (unpaired) electrons. The fourth-order valence-corrected chi connectivity index (χ4v) is 6.35. The van der Waals surface area contributed by atoms with Crippen LogP contribution in [0.2, 0.25) is 10.0 Å². The molecule has 2 aliphatic heterocycles. The predicted molar refractivity (Wildman–Crippen MR) is 164 cm³/mol. The fourth-order valence-electron chi connectivity index (χ4n) is 5.87. The Bertz CT molecular complexity index is 1220. The molecule has 10 heteroatoms. The SMILES string of the molecule is CCC(N)NC(CC(C)C)c1cccc(F)c1N1CCN(C(=O)C(Cc2ccc(Cl)cc2Cl)N2CCCC2=O)CC1. The Morgan fingerprint density at radius 2 is 1.83 bits per heavy atom. The lowest BCUT2D eigenvalue weighted by Crippen LogP contribution is -2.56. The highest BCUT2D eigenvalue weighted by Crippen LogP contribution is 2.34. The van der Waals surface area contributed by atoms with E-state index in [4.69, 9.17) is 28.9 Å². The molecule has 3 N–H and O–H groups in total. The van der Waals surface area contributed by atoms with Gasteiger partial charge in [-0.1, -0.05) is 62.2 Å². The first-order chi connectivity index (χ1) is 19.6. The smallest absolute Gasteiger partial charge is 0.245 e. The summed E-state index contributed by atoms with van der Waals surface area (Å²) in [6.07, 6.45) is 2.88. The average molecular weight is 607 g/mol. The molecule has 0 saturated carbocycles. The van der Waals surface area contributed by atoms with Crippen LogP contribution in [0.4, 0.5) is 10.1 Å². The predicted octanol–water partition coefficient (Wildman–Crippen LogP) is 5.39. The summed E-state index contributed by atoms with van der Waals surface area (Å²) >= 11 is 12.5. The minimum Gasteiger partial charge on any atom is -0.365 e. The number of amides is 2. The summed E-state index contributed by atoms with van der Waals surface area (Å²) in [6, 6.07) is 9.70. The van der Waals surface area contributed by atoms with E-state index in [1.165, 1.54) is 6.07 Å². The first kappa shape index (κ1) is 31.5.